The molecule has 0 spiro atoms. The number of carbonyl (C=O) groups is 2. The predicted octanol–water partition coefficient (Wildman–Crippen LogP) is 0.383. The third-order valence-electron chi connectivity index (χ3n) is 4.50. The molecule has 6 heteroatoms. The van der Waals surface area contributed by atoms with E-state index in [1.54, 1.807) is 6.92 Å². The van der Waals surface area contributed by atoms with Gasteiger partial charge in [0.15, 0.2) is 0 Å². The molecule has 0 atom stereocenters. The number of rotatable bonds is 4. The van der Waals surface area contributed by atoms with E-state index in [9.17, 15) is 9.59 Å². The van der Waals surface area contributed by atoms with Crippen LogP contribution in [0.5, 0.6) is 0 Å². The predicted molar refractivity (Wildman–Crippen MR) is 93.6 cm³/mol. The van der Waals surface area contributed by atoms with Gasteiger partial charge in [0.25, 0.3) is 0 Å². The van der Waals surface area contributed by atoms with Crippen molar-refractivity contribution in [2.24, 2.45) is 0 Å². The lowest BCUT2D eigenvalue weighted by atomic mass is 10.2. The van der Waals surface area contributed by atoms with E-state index in [-0.39, 0.29) is 11.7 Å². The van der Waals surface area contributed by atoms with Crippen molar-refractivity contribution in [2.45, 2.75) is 26.2 Å². The molecule has 1 rings (SSSR count). The molecule has 1 saturated heterocycles. The van der Waals surface area contributed by atoms with Crippen LogP contribution < -0.4 is 0 Å². The minimum atomic E-state index is 0.162. The van der Waals surface area contributed by atoms with Crippen LogP contribution in [0.2, 0.25) is 0 Å². The van der Waals surface area contributed by atoms with Gasteiger partial charge in [-0.25, -0.2) is 0 Å². The Bertz CT molecular complexity index is 358. The standard InChI is InChI=1S/C17H34N4O2/c1-16(22)6-5-7-17(23)21-14-12-19(3)10-8-18(2)9-11-20(4)13-15-21/h5-15H2,1-4H3. The number of Topliss-reactive ketones (excluding diaryl/α,β-unsaturated/α-hetero) is 1. The second-order valence-electron chi connectivity index (χ2n) is 6.85. The van der Waals surface area contributed by atoms with Crippen LogP contribution in [0.3, 0.4) is 0 Å². The van der Waals surface area contributed by atoms with Crippen LogP contribution in [0.4, 0.5) is 0 Å². The SMILES string of the molecule is CC(=O)CCCC(=O)N1CCN(C)CCN(C)CCN(C)CC1. The zero-order valence-electron chi connectivity index (χ0n) is 15.4. The van der Waals surface area contributed by atoms with Gasteiger partial charge in [0, 0.05) is 65.2 Å². The molecular weight excluding hydrogens is 292 g/mol. The van der Waals surface area contributed by atoms with Crippen molar-refractivity contribution >= 4 is 11.7 Å². The number of hydrogen-bond donors (Lipinski definition) is 0. The van der Waals surface area contributed by atoms with E-state index < -0.39 is 0 Å². The number of ketones is 1. The fourth-order valence-electron chi connectivity index (χ4n) is 2.61. The van der Waals surface area contributed by atoms with Crippen molar-refractivity contribution < 1.29 is 9.59 Å². The first-order valence-electron chi connectivity index (χ1n) is 8.71. The van der Waals surface area contributed by atoms with E-state index in [2.05, 4.69) is 35.8 Å². The average Bonchev–Trinajstić information content (AvgIpc) is 2.49. The van der Waals surface area contributed by atoms with Gasteiger partial charge < -0.3 is 24.4 Å². The van der Waals surface area contributed by atoms with Gasteiger partial charge in [-0.15, -0.1) is 0 Å². The summed E-state index contributed by atoms with van der Waals surface area (Å²) in [6.45, 7) is 9.07. The molecule has 1 heterocycles. The van der Waals surface area contributed by atoms with Crippen molar-refractivity contribution in [3.8, 4) is 0 Å². The molecule has 0 saturated carbocycles. The van der Waals surface area contributed by atoms with E-state index >= 15 is 0 Å². The molecule has 1 amide bonds. The number of hydrogen-bond acceptors (Lipinski definition) is 5. The number of likely N-dealkylation sites (N-methyl/N-ethyl adjacent to an activating group) is 3. The lowest BCUT2D eigenvalue weighted by Gasteiger charge is -2.31. The summed E-state index contributed by atoms with van der Waals surface area (Å²) in [7, 11) is 6.40. The van der Waals surface area contributed by atoms with Crippen LogP contribution in [-0.4, -0.2) is 105 Å². The number of amides is 1. The monoisotopic (exact) mass is 326 g/mol. The van der Waals surface area contributed by atoms with Crippen LogP contribution >= 0.6 is 0 Å². The zero-order chi connectivity index (χ0) is 17.2. The Balaban J connectivity index is 2.54. The minimum absolute atomic E-state index is 0.162. The summed E-state index contributed by atoms with van der Waals surface area (Å²) in [5, 5.41) is 0. The van der Waals surface area contributed by atoms with Crippen LogP contribution in [0, 0.1) is 0 Å². The lowest BCUT2D eigenvalue weighted by molar-refractivity contribution is -0.131. The molecule has 134 valence electrons. The van der Waals surface area contributed by atoms with Gasteiger partial charge in [-0.2, -0.15) is 0 Å². The van der Waals surface area contributed by atoms with Gasteiger partial charge >= 0.3 is 0 Å². The summed E-state index contributed by atoms with van der Waals surface area (Å²) >= 11 is 0. The van der Waals surface area contributed by atoms with E-state index in [1.807, 2.05) is 4.90 Å². The van der Waals surface area contributed by atoms with Gasteiger partial charge in [-0.3, -0.25) is 4.79 Å². The van der Waals surface area contributed by atoms with Gasteiger partial charge in [0.1, 0.15) is 5.78 Å². The van der Waals surface area contributed by atoms with E-state index in [0.29, 0.717) is 19.3 Å². The quantitative estimate of drug-likeness (QED) is 0.748. The van der Waals surface area contributed by atoms with Crippen LogP contribution in [0.1, 0.15) is 26.2 Å². The first kappa shape index (κ1) is 20.1. The highest BCUT2D eigenvalue weighted by atomic mass is 16.2. The highest BCUT2D eigenvalue weighted by Gasteiger charge is 2.16. The summed E-state index contributed by atoms with van der Waals surface area (Å²) < 4.78 is 0. The fraction of sp³-hybridized carbons (Fsp3) is 0.882. The van der Waals surface area contributed by atoms with Gasteiger partial charge in [-0.05, 0) is 34.5 Å². The molecule has 1 aliphatic heterocycles. The van der Waals surface area contributed by atoms with Crippen LogP contribution in [-0.2, 0) is 9.59 Å². The Hall–Kier alpha value is -0.980. The first-order valence-corrected chi connectivity index (χ1v) is 8.71. The summed E-state index contributed by atoms with van der Waals surface area (Å²) in [5.41, 5.74) is 0. The maximum absolute atomic E-state index is 12.4. The molecule has 23 heavy (non-hydrogen) atoms. The second kappa shape index (κ2) is 10.7. The highest BCUT2D eigenvalue weighted by molar-refractivity contribution is 5.78. The number of nitrogens with zero attached hydrogens (tertiary/aromatic N) is 4. The Morgan fingerprint density at radius 2 is 1.09 bits per heavy atom. The smallest absolute Gasteiger partial charge is 0.222 e. The van der Waals surface area contributed by atoms with Gasteiger partial charge in [0.2, 0.25) is 5.91 Å². The molecule has 1 aliphatic rings. The molecule has 0 radical (unpaired) electrons. The molecule has 0 aliphatic carbocycles. The molecular formula is C17H34N4O2. The third-order valence-corrected chi connectivity index (χ3v) is 4.50. The van der Waals surface area contributed by atoms with Crippen molar-refractivity contribution in [1.29, 1.82) is 0 Å². The maximum atomic E-state index is 12.4. The Morgan fingerprint density at radius 3 is 1.48 bits per heavy atom. The highest BCUT2D eigenvalue weighted by Crippen LogP contribution is 2.04. The largest absolute Gasteiger partial charge is 0.340 e. The second-order valence-corrected chi connectivity index (χ2v) is 6.85. The molecule has 0 aromatic rings. The van der Waals surface area contributed by atoms with E-state index in [0.717, 1.165) is 52.4 Å². The Labute approximate surface area is 141 Å². The van der Waals surface area contributed by atoms with Gasteiger partial charge in [0.05, 0.1) is 0 Å². The average molecular weight is 326 g/mol. The van der Waals surface area contributed by atoms with Crippen molar-refractivity contribution in [3.05, 3.63) is 0 Å². The molecule has 0 N–H and O–H groups in total. The topological polar surface area (TPSA) is 47.1 Å². The summed E-state index contributed by atoms with van der Waals surface area (Å²) in [6, 6.07) is 0. The molecule has 0 unspecified atom stereocenters. The third kappa shape index (κ3) is 9.03. The summed E-state index contributed by atoms with van der Waals surface area (Å²) in [5.74, 6) is 0.345. The maximum Gasteiger partial charge on any atom is 0.222 e. The van der Waals surface area contributed by atoms with Crippen molar-refractivity contribution in [3.63, 3.8) is 0 Å². The Kier molecular flexibility index (Phi) is 9.36. The van der Waals surface area contributed by atoms with Crippen LogP contribution in [0.15, 0.2) is 0 Å². The molecule has 0 aromatic heterocycles. The van der Waals surface area contributed by atoms with Crippen molar-refractivity contribution in [1.82, 2.24) is 19.6 Å². The molecule has 0 aromatic carbocycles. The van der Waals surface area contributed by atoms with Crippen LogP contribution in [0.25, 0.3) is 0 Å². The molecule has 6 nitrogen and oxygen atoms in total. The number of carbonyl (C=O) groups excluding carboxylic acids is 2. The molecule has 0 bridgehead atoms. The summed E-state index contributed by atoms with van der Waals surface area (Å²) in [6.07, 6.45) is 1.66. The zero-order valence-corrected chi connectivity index (χ0v) is 15.4. The van der Waals surface area contributed by atoms with Crippen molar-refractivity contribution in [2.75, 3.05) is 73.5 Å². The lowest BCUT2D eigenvalue weighted by Crippen LogP contribution is -2.45. The first-order chi connectivity index (χ1) is 10.9. The van der Waals surface area contributed by atoms with E-state index in [4.69, 9.17) is 0 Å². The minimum Gasteiger partial charge on any atom is -0.340 e. The summed E-state index contributed by atoms with van der Waals surface area (Å²) in [4.78, 5) is 32.4. The fourth-order valence-corrected chi connectivity index (χ4v) is 2.61. The van der Waals surface area contributed by atoms with Gasteiger partial charge in [-0.1, -0.05) is 0 Å². The Morgan fingerprint density at radius 1 is 0.696 bits per heavy atom. The van der Waals surface area contributed by atoms with E-state index in [1.165, 1.54) is 0 Å². The molecule has 1 fully saturated rings. The normalized spacial score (nSPS) is 20.8.